The first-order valence-corrected chi connectivity index (χ1v) is 15.1. The van der Waals surface area contributed by atoms with E-state index in [0.717, 1.165) is 74.3 Å². The Morgan fingerprint density at radius 3 is 2.66 bits per heavy atom. The van der Waals surface area contributed by atoms with Crippen molar-refractivity contribution in [1.29, 1.82) is 0 Å². The molecule has 1 saturated heterocycles. The van der Waals surface area contributed by atoms with Gasteiger partial charge in [0.15, 0.2) is 5.65 Å². The lowest BCUT2D eigenvalue weighted by molar-refractivity contribution is 0.0398. The summed E-state index contributed by atoms with van der Waals surface area (Å²) in [7, 11) is -1.14. The number of aromatic nitrogens is 4. The molecule has 1 aromatic carbocycles. The van der Waals surface area contributed by atoms with Crippen molar-refractivity contribution in [3.8, 4) is 11.3 Å². The van der Waals surface area contributed by atoms with Crippen LogP contribution in [0, 0.1) is 0 Å². The minimum absolute atomic E-state index is 0.387. The van der Waals surface area contributed by atoms with Crippen LogP contribution in [0.1, 0.15) is 0 Å². The van der Waals surface area contributed by atoms with Crippen molar-refractivity contribution in [1.82, 2.24) is 24.6 Å². The molecule has 0 spiro atoms. The SMILES string of the molecule is C[Si](C)(C)CCOCn1nc(-c2ccccc2)c2cnc(NCCN3CCOCC3)nc21. The number of nitrogens with one attached hydrogen (secondary N) is 1. The quantitative estimate of drug-likeness (QED) is 0.371. The molecule has 1 N–H and O–H groups in total. The van der Waals surface area contributed by atoms with E-state index in [1.54, 1.807) is 0 Å². The standard InChI is InChI=1S/C23H34N6O2Si/c1-32(2,3)16-15-31-18-29-22-20(21(27-29)19-7-5-4-6-8-19)17-25-23(26-22)24-9-10-28-11-13-30-14-12-28/h4-8,17H,9-16,18H2,1-3H3,(H,24,25,26). The molecule has 9 heteroatoms. The molecule has 2 aromatic heterocycles. The smallest absolute Gasteiger partial charge is 0.224 e. The molecule has 0 aliphatic carbocycles. The zero-order valence-corrected chi connectivity index (χ0v) is 20.4. The van der Waals surface area contributed by atoms with Gasteiger partial charge in [-0.25, -0.2) is 9.67 Å². The maximum atomic E-state index is 5.99. The van der Waals surface area contributed by atoms with Crippen LogP contribution in [0.25, 0.3) is 22.3 Å². The lowest BCUT2D eigenvalue weighted by Gasteiger charge is -2.26. The molecule has 0 bridgehead atoms. The number of rotatable bonds is 10. The molecule has 3 aromatic rings. The van der Waals surface area contributed by atoms with Gasteiger partial charge in [-0.05, 0) is 6.04 Å². The van der Waals surface area contributed by atoms with E-state index in [0.29, 0.717) is 12.7 Å². The molecule has 8 nitrogen and oxygen atoms in total. The third-order valence-corrected chi connectivity index (χ3v) is 7.27. The molecule has 0 saturated carbocycles. The molecule has 32 heavy (non-hydrogen) atoms. The van der Waals surface area contributed by atoms with Crippen molar-refractivity contribution in [2.24, 2.45) is 0 Å². The fourth-order valence-corrected chi connectivity index (χ4v) is 4.38. The van der Waals surface area contributed by atoms with Crippen molar-refractivity contribution in [3.05, 3.63) is 36.5 Å². The average molecular weight is 455 g/mol. The summed E-state index contributed by atoms with van der Waals surface area (Å²) in [4.78, 5) is 11.7. The highest BCUT2D eigenvalue weighted by molar-refractivity contribution is 6.76. The van der Waals surface area contributed by atoms with Crippen molar-refractivity contribution in [3.63, 3.8) is 0 Å². The molecule has 0 atom stereocenters. The fourth-order valence-electron chi connectivity index (χ4n) is 3.62. The van der Waals surface area contributed by atoms with Gasteiger partial charge in [0.05, 0.1) is 18.6 Å². The maximum Gasteiger partial charge on any atom is 0.224 e. The third-order valence-electron chi connectivity index (χ3n) is 5.56. The Kier molecular flexibility index (Phi) is 7.51. The van der Waals surface area contributed by atoms with Gasteiger partial charge in [0, 0.05) is 52.6 Å². The highest BCUT2D eigenvalue weighted by atomic mass is 28.3. The van der Waals surface area contributed by atoms with Crippen LogP contribution >= 0.6 is 0 Å². The van der Waals surface area contributed by atoms with Crippen LogP contribution in [0.4, 0.5) is 5.95 Å². The van der Waals surface area contributed by atoms with Crippen molar-refractivity contribution in [2.45, 2.75) is 32.4 Å². The minimum Gasteiger partial charge on any atom is -0.379 e. The van der Waals surface area contributed by atoms with Crippen molar-refractivity contribution in [2.75, 3.05) is 51.3 Å². The lowest BCUT2D eigenvalue weighted by atomic mass is 10.1. The molecular formula is C23H34N6O2Si. The predicted octanol–water partition coefficient (Wildman–Crippen LogP) is 3.55. The van der Waals surface area contributed by atoms with Gasteiger partial charge in [0.25, 0.3) is 0 Å². The van der Waals surface area contributed by atoms with Gasteiger partial charge in [-0.3, -0.25) is 4.90 Å². The number of fused-ring (bicyclic) bond motifs is 1. The van der Waals surface area contributed by atoms with Gasteiger partial charge >= 0.3 is 0 Å². The second kappa shape index (κ2) is 10.5. The van der Waals surface area contributed by atoms with Crippen LogP contribution in [-0.4, -0.2) is 78.7 Å². The summed E-state index contributed by atoms with van der Waals surface area (Å²) >= 11 is 0. The van der Waals surface area contributed by atoms with Gasteiger partial charge in [-0.2, -0.15) is 10.1 Å². The molecule has 1 aliphatic heterocycles. The largest absolute Gasteiger partial charge is 0.379 e. The van der Waals surface area contributed by atoms with E-state index in [1.165, 1.54) is 0 Å². The molecule has 172 valence electrons. The number of anilines is 1. The second-order valence-electron chi connectivity index (χ2n) is 9.37. The molecule has 3 heterocycles. The Hall–Kier alpha value is -2.33. The molecule has 1 fully saturated rings. The van der Waals surface area contributed by atoms with E-state index in [4.69, 9.17) is 19.6 Å². The Morgan fingerprint density at radius 2 is 1.91 bits per heavy atom. The normalized spacial score (nSPS) is 15.3. The third kappa shape index (κ3) is 6.13. The Balaban J connectivity index is 1.50. The minimum atomic E-state index is -1.14. The molecular weight excluding hydrogens is 420 g/mol. The number of hydrogen-bond acceptors (Lipinski definition) is 7. The predicted molar refractivity (Wildman–Crippen MR) is 131 cm³/mol. The van der Waals surface area contributed by atoms with E-state index >= 15 is 0 Å². The Morgan fingerprint density at radius 1 is 1.12 bits per heavy atom. The number of benzene rings is 1. The number of hydrogen-bond donors (Lipinski definition) is 1. The van der Waals surface area contributed by atoms with Gasteiger partial charge in [-0.1, -0.05) is 50.0 Å². The first-order valence-electron chi connectivity index (χ1n) is 11.4. The van der Waals surface area contributed by atoms with E-state index in [2.05, 4.69) is 47.0 Å². The number of morpholine rings is 1. The summed E-state index contributed by atoms with van der Waals surface area (Å²) in [6.07, 6.45) is 1.87. The van der Waals surface area contributed by atoms with Crippen LogP contribution in [0.2, 0.25) is 25.7 Å². The Labute approximate surface area is 191 Å². The summed E-state index contributed by atoms with van der Waals surface area (Å²) in [5, 5.41) is 9.14. The van der Waals surface area contributed by atoms with Crippen LogP contribution in [0.3, 0.4) is 0 Å². The molecule has 0 unspecified atom stereocenters. The van der Waals surface area contributed by atoms with E-state index < -0.39 is 8.07 Å². The second-order valence-corrected chi connectivity index (χ2v) is 15.0. The summed E-state index contributed by atoms with van der Waals surface area (Å²) in [5.74, 6) is 0.619. The first-order chi connectivity index (χ1) is 15.5. The average Bonchev–Trinajstić information content (AvgIpc) is 3.15. The molecule has 1 aliphatic rings. The number of ether oxygens (including phenoxy) is 2. The topological polar surface area (TPSA) is 77.3 Å². The van der Waals surface area contributed by atoms with E-state index in [1.807, 2.05) is 29.1 Å². The van der Waals surface area contributed by atoms with Gasteiger partial charge in [0.1, 0.15) is 12.4 Å². The monoisotopic (exact) mass is 454 g/mol. The van der Waals surface area contributed by atoms with Crippen LogP contribution < -0.4 is 5.32 Å². The summed E-state index contributed by atoms with van der Waals surface area (Å²) in [6.45, 7) is 13.5. The van der Waals surface area contributed by atoms with Crippen LogP contribution in [-0.2, 0) is 16.2 Å². The van der Waals surface area contributed by atoms with Gasteiger partial charge < -0.3 is 14.8 Å². The van der Waals surface area contributed by atoms with E-state index in [9.17, 15) is 0 Å². The lowest BCUT2D eigenvalue weighted by Crippen LogP contribution is -2.39. The molecule has 0 radical (unpaired) electrons. The van der Waals surface area contributed by atoms with Crippen molar-refractivity contribution < 1.29 is 9.47 Å². The van der Waals surface area contributed by atoms with Crippen molar-refractivity contribution >= 4 is 25.1 Å². The van der Waals surface area contributed by atoms with Crippen LogP contribution in [0.15, 0.2) is 36.5 Å². The summed E-state index contributed by atoms with van der Waals surface area (Å²) in [6, 6.07) is 11.3. The maximum absolute atomic E-state index is 5.99. The van der Waals surface area contributed by atoms with Crippen LogP contribution in [0.5, 0.6) is 0 Å². The highest BCUT2D eigenvalue weighted by Crippen LogP contribution is 2.27. The molecule has 4 rings (SSSR count). The van der Waals surface area contributed by atoms with Gasteiger partial charge in [0.2, 0.25) is 5.95 Å². The van der Waals surface area contributed by atoms with Gasteiger partial charge in [-0.15, -0.1) is 0 Å². The highest BCUT2D eigenvalue weighted by Gasteiger charge is 2.17. The zero-order chi connectivity index (χ0) is 22.4. The zero-order valence-electron chi connectivity index (χ0n) is 19.4. The summed E-state index contributed by atoms with van der Waals surface area (Å²) < 4.78 is 13.3. The van der Waals surface area contributed by atoms with E-state index in [-0.39, 0.29) is 0 Å². The first kappa shape index (κ1) is 22.8. The number of nitrogens with zero attached hydrogens (tertiary/aromatic N) is 5. The fraction of sp³-hybridized carbons (Fsp3) is 0.522. The summed E-state index contributed by atoms with van der Waals surface area (Å²) in [5.41, 5.74) is 2.73. The Bertz CT molecular complexity index is 999. The molecule has 0 amide bonds.